The molecule has 0 aromatic heterocycles. The lowest BCUT2D eigenvalue weighted by Crippen LogP contribution is -2.14. The monoisotopic (exact) mass is 446 g/mol. The Hall–Kier alpha value is -2.86. The van der Waals surface area contributed by atoms with E-state index >= 15 is 0 Å². The largest absolute Gasteiger partial charge is 0.0763 e. The lowest BCUT2D eigenvalue weighted by Gasteiger charge is -2.32. The van der Waals surface area contributed by atoms with E-state index in [1.165, 1.54) is 75.1 Å². The van der Waals surface area contributed by atoms with Crippen molar-refractivity contribution in [3.8, 4) is 0 Å². The lowest BCUT2D eigenvalue weighted by atomic mass is 9.72. The summed E-state index contributed by atoms with van der Waals surface area (Å²) in [5.74, 6) is 0.477. The van der Waals surface area contributed by atoms with Crippen LogP contribution in [-0.4, -0.2) is 0 Å². The molecule has 1 aliphatic carbocycles. The molecule has 0 spiro atoms. The van der Waals surface area contributed by atoms with E-state index < -0.39 is 0 Å². The molecule has 1 aliphatic rings. The van der Waals surface area contributed by atoms with Gasteiger partial charge in [-0.2, -0.15) is 0 Å². The minimum atomic E-state index is 0.477. The van der Waals surface area contributed by atoms with Gasteiger partial charge in [-0.3, -0.25) is 0 Å². The quantitative estimate of drug-likeness (QED) is 0.248. The van der Waals surface area contributed by atoms with E-state index in [0.29, 0.717) is 5.92 Å². The number of aryl methyl sites for hydroxylation is 2. The Bertz CT molecular complexity index is 1370. The molecule has 0 radical (unpaired) electrons. The van der Waals surface area contributed by atoms with Gasteiger partial charge in [-0.1, -0.05) is 102 Å². The summed E-state index contributed by atoms with van der Waals surface area (Å²) in [5.41, 5.74) is 10.5. The van der Waals surface area contributed by atoms with Gasteiger partial charge in [-0.05, 0) is 98.3 Å². The molecule has 0 saturated carbocycles. The average Bonchev–Trinajstić information content (AvgIpc) is 2.87. The Morgan fingerprint density at radius 3 is 1.85 bits per heavy atom. The van der Waals surface area contributed by atoms with Crippen molar-refractivity contribution in [1.29, 1.82) is 0 Å². The van der Waals surface area contributed by atoms with Crippen molar-refractivity contribution < 1.29 is 0 Å². The summed E-state index contributed by atoms with van der Waals surface area (Å²) in [6.07, 6.45) is 10.5. The van der Waals surface area contributed by atoms with Gasteiger partial charge < -0.3 is 0 Å². The van der Waals surface area contributed by atoms with Crippen LogP contribution in [0.4, 0.5) is 0 Å². The fraction of sp³-hybridized carbons (Fsp3) is 0.353. The van der Waals surface area contributed by atoms with Gasteiger partial charge in [0.1, 0.15) is 0 Å². The van der Waals surface area contributed by atoms with Crippen molar-refractivity contribution in [3.63, 3.8) is 0 Å². The molecular weight excluding hydrogens is 408 g/mol. The van der Waals surface area contributed by atoms with Gasteiger partial charge in [0.25, 0.3) is 0 Å². The van der Waals surface area contributed by atoms with E-state index in [1.807, 2.05) is 0 Å². The second-order valence-corrected chi connectivity index (χ2v) is 9.94. The molecule has 0 saturated heterocycles. The van der Waals surface area contributed by atoms with Gasteiger partial charge in [0.2, 0.25) is 0 Å². The standard InChI is InChI=1S/C34H38/c1-5-13-23-27-17-9-10-18-28(27)24(14-6-2)32-22-34-26(16-8-4)30-20-12-11-19-29(30)25(15-7-3)33(34)21-31(23)32/h9-13,17-22,24H,5-8,14-16H2,1-4H3/b23-13-. The Labute approximate surface area is 205 Å². The zero-order chi connectivity index (χ0) is 23.7. The van der Waals surface area contributed by atoms with Crippen molar-refractivity contribution in [1.82, 2.24) is 0 Å². The number of allylic oxidation sites excluding steroid dienone is 1. The van der Waals surface area contributed by atoms with Crippen LogP contribution in [0.3, 0.4) is 0 Å². The first-order chi connectivity index (χ1) is 16.7. The van der Waals surface area contributed by atoms with Crippen molar-refractivity contribution in [2.45, 2.75) is 78.6 Å². The summed E-state index contributed by atoms with van der Waals surface area (Å²) in [6.45, 7) is 9.23. The molecule has 0 aliphatic heterocycles. The smallest absolute Gasteiger partial charge is 0.0102 e. The highest BCUT2D eigenvalue weighted by molar-refractivity contribution is 6.08. The van der Waals surface area contributed by atoms with Crippen LogP contribution in [0.25, 0.3) is 27.1 Å². The molecule has 174 valence electrons. The van der Waals surface area contributed by atoms with E-state index in [2.05, 4.69) is 94.4 Å². The topological polar surface area (TPSA) is 0 Å². The molecule has 1 unspecified atom stereocenters. The van der Waals surface area contributed by atoms with Gasteiger partial charge in [0.15, 0.2) is 0 Å². The molecule has 5 rings (SSSR count). The third-order valence-corrected chi connectivity index (χ3v) is 7.69. The highest BCUT2D eigenvalue weighted by atomic mass is 14.3. The Morgan fingerprint density at radius 2 is 1.24 bits per heavy atom. The van der Waals surface area contributed by atoms with Crippen molar-refractivity contribution in [2.75, 3.05) is 0 Å². The maximum Gasteiger partial charge on any atom is 0.0102 e. The third kappa shape index (κ3) is 3.68. The highest BCUT2D eigenvalue weighted by Gasteiger charge is 2.29. The maximum absolute atomic E-state index is 2.61. The predicted molar refractivity (Wildman–Crippen MR) is 150 cm³/mol. The first-order valence-corrected chi connectivity index (χ1v) is 13.5. The van der Waals surface area contributed by atoms with Crippen molar-refractivity contribution in [3.05, 3.63) is 100 Å². The van der Waals surface area contributed by atoms with Crippen LogP contribution in [0.2, 0.25) is 0 Å². The minimum Gasteiger partial charge on any atom is -0.0763 e. The van der Waals surface area contributed by atoms with Gasteiger partial charge in [-0.25, -0.2) is 0 Å². The predicted octanol–water partition coefficient (Wildman–Crippen LogP) is 9.99. The average molecular weight is 447 g/mol. The van der Waals surface area contributed by atoms with E-state index in [1.54, 1.807) is 11.1 Å². The number of hydrogen-bond acceptors (Lipinski definition) is 0. The Balaban J connectivity index is 1.93. The zero-order valence-electron chi connectivity index (χ0n) is 21.4. The maximum atomic E-state index is 2.61. The van der Waals surface area contributed by atoms with Gasteiger partial charge in [0, 0.05) is 5.92 Å². The van der Waals surface area contributed by atoms with E-state index in [-0.39, 0.29) is 0 Å². The summed E-state index contributed by atoms with van der Waals surface area (Å²) in [7, 11) is 0. The SMILES string of the molecule is CC/C=C1/c2ccccc2C(CCC)c2cc3c(CCC)c4ccccc4c(CCC)c3cc21. The minimum absolute atomic E-state index is 0.477. The highest BCUT2D eigenvalue weighted by Crippen LogP contribution is 2.48. The summed E-state index contributed by atoms with van der Waals surface area (Å²) >= 11 is 0. The van der Waals surface area contributed by atoms with Crippen LogP contribution < -0.4 is 0 Å². The summed E-state index contributed by atoms with van der Waals surface area (Å²) in [4.78, 5) is 0. The second-order valence-electron chi connectivity index (χ2n) is 9.94. The van der Waals surface area contributed by atoms with Gasteiger partial charge in [0.05, 0.1) is 0 Å². The molecular formula is C34H38. The van der Waals surface area contributed by atoms with Crippen LogP contribution in [0, 0.1) is 0 Å². The molecule has 4 aromatic rings. The Kier molecular flexibility index (Phi) is 6.59. The molecule has 34 heavy (non-hydrogen) atoms. The first-order valence-electron chi connectivity index (χ1n) is 13.5. The number of fused-ring (bicyclic) bond motifs is 4. The van der Waals surface area contributed by atoms with Gasteiger partial charge in [-0.15, -0.1) is 0 Å². The first kappa shape index (κ1) is 22.9. The van der Waals surface area contributed by atoms with Crippen LogP contribution in [0.15, 0.2) is 66.7 Å². The number of hydrogen-bond donors (Lipinski definition) is 0. The molecule has 0 heteroatoms. The van der Waals surface area contributed by atoms with Crippen LogP contribution in [0.1, 0.15) is 99.1 Å². The van der Waals surface area contributed by atoms with Gasteiger partial charge >= 0.3 is 0 Å². The van der Waals surface area contributed by atoms with Crippen LogP contribution in [-0.2, 0) is 12.8 Å². The van der Waals surface area contributed by atoms with Crippen LogP contribution in [0.5, 0.6) is 0 Å². The normalized spacial score (nSPS) is 16.2. The van der Waals surface area contributed by atoms with E-state index in [9.17, 15) is 0 Å². The molecule has 0 heterocycles. The molecule has 4 aromatic carbocycles. The lowest BCUT2D eigenvalue weighted by molar-refractivity contribution is 0.691. The molecule has 1 atom stereocenters. The van der Waals surface area contributed by atoms with Crippen LogP contribution >= 0.6 is 0 Å². The van der Waals surface area contributed by atoms with E-state index in [4.69, 9.17) is 0 Å². The summed E-state index contributed by atoms with van der Waals surface area (Å²) in [6, 6.07) is 23.5. The molecule has 0 N–H and O–H groups in total. The molecule has 0 fully saturated rings. The Morgan fingerprint density at radius 1 is 0.618 bits per heavy atom. The van der Waals surface area contributed by atoms with Crippen molar-refractivity contribution in [2.24, 2.45) is 0 Å². The van der Waals surface area contributed by atoms with Crippen molar-refractivity contribution >= 4 is 27.1 Å². The molecule has 0 bridgehead atoms. The summed E-state index contributed by atoms with van der Waals surface area (Å²) < 4.78 is 0. The molecule has 0 nitrogen and oxygen atoms in total. The summed E-state index contributed by atoms with van der Waals surface area (Å²) in [5, 5.41) is 5.91. The molecule has 0 amide bonds. The number of benzene rings is 4. The second kappa shape index (κ2) is 9.79. The number of rotatable bonds is 7. The zero-order valence-corrected chi connectivity index (χ0v) is 21.4. The fourth-order valence-electron chi connectivity index (χ4n) is 6.36. The fourth-order valence-corrected chi connectivity index (χ4v) is 6.36. The third-order valence-electron chi connectivity index (χ3n) is 7.69. The van der Waals surface area contributed by atoms with E-state index in [0.717, 1.165) is 19.3 Å².